The van der Waals surface area contributed by atoms with Crippen molar-refractivity contribution >= 4 is 43.6 Å². The fraction of sp³-hybridized carbons (Fsp3) is 0. The van der Waals surface area contributed by atoms with Gasteiger partial charge in [0.05, 0.1) is 52.2 Å². The van der Waals surface area contributed by atoms with E-state index in [9.17, 15) is 2.74 Å². The Morgan fingerprint density at radius 3 is 1.30 bits per heavy atom. The summed E-state index contributed by atoms with van der Waals surface area (Å²) in [6.45, 7) is 0. The molecule has 2 aromatic heterocycles. The summed E-state index contributed by atoms with van der Waals surface area (Å²) in [6.07, 6.45) is 0. The molecule has 2 heterocycles. The normalized spacial score (nSPS) is 18.6. The second-order valence-corrected chi connectivity index (χ2v) is 9.78. The molecular weight excluding hydrogens is 532 g/mol. The van der Waals surface area contributed by atoms with Gasteiger partial charge in [-0.3, -0.25) is 0 Å². The minimum Gasteiger partial charge on any atom is -0.309 e. The molecule has 0 atom stereocenters. The Kier molecular flexibility index (Phi) is 2.54. The SMILES string of the molecule is [2H]c1c([2H])c([2H])c(-c2c([2H])c([2H])c(-n3c4ccc(-c5ccc6c(c5)c5c([2H])c([2H])c([2H])c([2H])c5n6-c5c([2H])c([2H])c([2H])c([2H])c5[2H])cc4c4c([2H])c([2H])c([2H])c([2H])c43)c([2H])c2[2H])c([2H])c1[2H]. The van der Waals surface area contributed by atoms with Crippen molar-refractivity contribution in [3.63, 3.8) is 0 Å². The highest BCUT2D eigenvalue weighted by molar-refractivity contribution is 6.12. The Hall–Kier alpha value is -5.86. The summed E-state index contributed by atoms with van der Waals surface area (Å²) >= 11 is 0. The maximum Gasteiger partial charge on any atom is 0.0645 e. The number of nitrogens with zero attached hydrogens (tertiary/aromatic N) is 2. The van der Waals surface area contributed by atoms with Crippen LogP contribution in [0.3, 0.4) is 0 Å². The van der Waals surface area contributed by atoms with Crippen molar-refractivity contribution in [1.82, 2.24) is 9.13 Å². The van der Waals surface area contributed by atoms with E-state index < -0.39 is 150 Å². The van der Waals surface area contributed by atoms with Crippen LogP contribution in [0.2, 0.25) is 0 Å². The van der Waals surface area contributed by atoms with Gasteiger partial charge in [0.1, 0.15) is 0 Å². The molecule has 0 saturated carbocycles. The molecule has 206 valence electrons. The van der Waals surface area contributed by atoms with Crippen molar-refractivity contribution in [1.29, 1.82) is 0 Å². The summed E-state index contributed by atoms with van der Waals surface area (Å²) in [5.74, 6) is 0. The quantitative estimate of drug-likeness (QED) is 0.195. The highest BCUT2D eigenvalue weighted by Crippen LogP contribution is 2.38. The average Bonchev–Trinajstić information content (AvgIpc) is 3.82. The van der Waals surface area contributed by atoms with E-state index in [0.717, 1.165) is 4.57 Å². The van der Waals surface area contributed by atoms with Crippen molar-refractivity contribution in [3.8, 4) is 33.6 Å². The lowest BCUT2D eigenvalue weighted by molar-refractivity contribution is 1.18. The Labute approximate surface area is 286 Å². The maximum absolute atomic E-state index is 9.20. The highest BCUT2D eigenvalue weighted by atomic mass is 15.0. The van der Waals surface area contributed by atoms with Gasteiger partial charge in [-0.15, -0.1) is 0 Å². The van der Waals surface area contributed by atoms with E-state index in [1.165, 1.54) is 16.7 Å². The second-order valence-electron chi connectivity index (χ2n) is 9.78. The van der Waals surface area contributed by atoms with Crippen molar-refractivity contribution in [2.75, 3.05) is 0 Å². The van der Waals surface area contributed by atoms with E-state index in [1.807, 2.05) is 0 Å². The Morgan fingerprint density at radius 1 is 0.318 bits per heavy atom. The molecule has 0 amide bonds. The van der Waals surface area contributed by atoms with E-state index in [2.05, 4.69) is 0 Å². The Balaban J connectivity index is 1.35. The number of para-hydroxylation sites is 3. The summed E-state index contributed by atoms with van der Waals surface area (Å²) in [7, 11) is 0. The topological polar surface area (TPSA) is 9.86 Å². The number of hydrogen-bond acceptors (Lipinski definition) is 0. The van der Waals surface area contributed by atoms with Gasteiger partial charge in [-0.05, 0) is 82.8 Å². The van der Waals surface area contributed by atoms with Crippen molar-refractivity contribution in [2.45, 2.75) is 0 Å². The Bertz CT molecular complexity index is 3650. The zero-order chi connectivity index (χ0) is 48.2. The molecule has 0 bridgehead atoms. The predicted octanol–water partition coefficient (Wildman–Crippen LogP) is 11.2. The third-order valence-corrected chi connectivity index (χ3v) is 7.43. The number of benzene rings is 7. The lowest BCUT2D eigenvalue weighted by Gasteiger charge is -2.10. The molecule has 0 aliphatic rings. The van der Waals surface area contributed by atoms with Crippen LogP contribution in [0.5, 0.6) is 0 Å². The molecule has 0 aliphatic heterocycles. The zero-order valence-electron chi connectivity index (χ0n) is 44.4. The molecule has 0 unspecified atom stereocenters. The van der Waals surface area contributed by atoms with E-state index in [4.69, 9.17) is 27.4 Å². The summed E-state index contributed by atoms with van der Waals surface area (Å²) in [5, 5.41) is 0.266. The molecule has 0 aliphatic carbocycles. The van der Waals surface area contributed by atoms with Crippen LogP contribution in [0.1, 0.15) is 30.2 Å². The number of hydrogen-bond donors (Lipinski definition) is 0. The summed E-state index contributed by atoms with van der Waals surface area (Å²) in [6, 6.07) is -5.40. The van der Waals surface area contributed by atoms with Crippen molar-refractivity contribution in [2.24, 2.45) is 0 Å². The van der Waals surface area contributed by atoms with E-state index in [1.54, 1.807) is 24.3 Å². The first-order valence-corrected chi connectivity index (χ1v) is 13.3. The molecule has 0 fully saturated rings. The third kappa shape index (κ3) is 3.82. The molecule has 0 N–H and O–H groups in total. The lowest BCUT2D eigenvalue weighted by Crippen LogP contribution is -1.93. The summed E-state index contributed by atoms with van der Waals surface area (Å²) in [4.78, 5) is 0. The molecule has 7 aromatic carbocycles. The number of rotatable bonds is 4. The minimum atomic E-state index is -0.786. The zero-order valence-corrected chi connectivity index (χ0v) is 22.4. The molecule has 44 heavy (non-hydrogen) atoms. The standard InChI is InChI=1S/C42H28N2/c1-3-11-29(12-4-1)30-19-23-34(24-20-30)44-40-18-10-8-16-36(40)38-28-32(22-26-42(38)44)31-21-25-41-37(27-31)35-15-7-9-17-39(35)43(41)33-13-5-2-6-14-33/h1-28H/i1D,2D,3D,4D,5D,6D,7D,8D,9D,10D,11D,12D,13D,14D,15D,16D,17D,18D,19D,20D,23D,24D. The van der Waals surface area contributed by atoms with Crippen molar-refractivity contribution < 1.29 is 30.2 Å². The third-order valence-electron chi connectivity index (χ3n) is 7.43. The van der Waals surface area contributed by atoms with Gasteiger partial charge in [-0.2, -0.15) is 0 Å². The first kappa shape index (κ1) is 11.3. The first-order chi connectivity index (χ1) is 31.0. The number of aromatic nitrogens is 2. The maximum atomic E-state index is 9.20. The number of fused-ring (bicyclic) bond motifs is 6. The van der Waals surface area contributed by atoms with Crippen LogP contribution in [0.15, 0.2) is 169 Å². The van der Waals surface area contributed by atoms with Crippen LogP contribution < -0.4 is 0 Å². The van der Waals surface area contributed by atoms with E-state index in [-0.39, 0.29) is 49.3 Å². The van der Waals surface area contributed by atoms with Gasteiger partial charge in [0.25, 0.3) is 0 Å². The fourth-order valence-corrected chi connectivity index (χ4v) is 5.54. The highest BCUT2D eigenvalue weighted by Gasteiger charge is 2.16. The molecular formula is C42H28N2. The van der Waals surface area contributed by atoms with Crippen LogP contribution >= 0.6 is 0 Å². The van der Waals surface area contributed by atoms with E-state index >= 15 is 0 Å². The summed E-state index contributed by atoms with van der Waals surface area (Å²) in [5.41, 5.74) is -1.29. The van der Waals surface area contributed by atoms with Crippen LogP contribution in [0.25, 0.3) is 77.2 Å². The van der Waals surface area contributed by atoms with Gasteiger partial charge in [0.15, 0.2) is 0 Å². The van der Waals surface area contributed by atoms with Gasteiger partial charge >= 0.3 is 0 Å². The molecule has 2 nitrogen and oxygen atoms in total. The van der Waals surface area contributed by atoms with Crippen molar-refractivity contribution in [3.05, 3.63) is 169 Å². The Morgan fingerprint density at radius 2 is 0.750 bits per heavy atom. The van der Waals surface area contributed by atoms with Gasteiger partial charge < -0.3 is 9.13 Å². The molecule has 0 saturated heterocycles. The fourth-order valence-electron chi connectivity index (χ4n) is 5.54. The molecule has 0 radical (unpaired) electrons. The van der Waals surface area contributed by atoms with Crippen LogP contribution in [0, 0.1) is 0 Å². The minimum absolute atomic E-state index is 0.0214. The lowest BCUT2D eigenvalue weighted by atomic mass is 10.0. The molecule has 9 aromatic rings. The van der Waals surface area contributed by atoms with E-state index in [0.29, 0.717) is 11.1 Å². The van der Waals surface area contributed by atoms with Gasteiger partial charge in [-0.1, -0.05) is 109 Å². The van der Waals surface area contributed by atoms with Gasteiger partial charge in [0, 0.05) is 32.9 Å². The molecule has 0 spiro atoms. The largest absolute Gasteiger partial charge is 0.309 e. The van der Waals surface area contributed by atoms with Gasteiger partial charge in [-0.25, -0.2) is 0 Å². The summed E-state index contributed by atoms with van der Waals surface area (Å²) < 4.78 is 192. The molecule has 2 heteroatoms. The smallest absolute Gasteiger partial charge is 0.0645 e. The second kappa shape index (κ2) is 9.86. The van der Waals surface area contributed by atoms with Crippen LogP contribution in [0.4, 0.5) is 0 Å². The predicted molar refractivity (Wildman–Crippen MR) is 186 cm³/mol. The molecule has 9 rings (SSSR count). The van der Waals surface area contributed by atoms with Crippen LogP contribution in [-0.2, 0) is 0 Å². The first-order valence-electron chi connectivity index (χ1n) is 24.3. The average molecular weight is 583 g/mol. The monoisotopic (exact) mass is 582 g/mol. The van der Waals surface area contributed by atoms with Gasteiger partial charge in [0.2, 0.25) is 0 Å². The van der Waals surface area contributed by atoms with Crippen LogP contribution in [-0.4, -0.2) is 9.13 Å².